The van der Waals surface area contributed by atoms with Crippen LogP contribution in [-0.2, 0) is 14.8 Å². The molecule has 2 heterocycles. The molecule has 0 amide bonds. The zero-order valence-electron chi connectivity index (χ0n) is 10.5. The third-order valence-corrected chi connectivity index (χ3v) is 5.79. The number of hydrogen-bond acceptors (Lipinski definition) is 4. The van der Waals surface area contributed by atoms with E-state index in [1.54, 1.807) is 0 Å². The highest BCUT2D eigenvalue weighted by molar-refractivity contribution is 9.10. The number of sulfonamides is 1. The van der Waals surface area contributed by atoms with Crippen LogP contribution in [-0.4, -0.2) is 31.7 Å². The predicted molar refractivity (Wildman–Crippen MR) is 75.7 cm³/mol. The van der Waals surface area contributed by atoms with Gasteiger partial charge >= 0.3 is 0 Å². The van der Waals surface area contributed by atoms with Gasteiger partial charge in [-0.3, -0.25) is 0 Å². The van der Waals surface area contributed by atoms with Crippen molar-refractivity contribution in [3.8, 4) is 0 Å². The fraction of sp³-hybridized carbons (Fsp3) is 0.545. The molecule has 8 heteroatoms. The lowest BCUT2D eigenvalue weighted by Crippen LogP contribution is -2.50. The van der Waals surface area contributed by atoms with Crippen LogP contribution in [0, 0.1) is 0 Å². The van der Waals surface area contributed by atoms with Gasteiger partial charge in [0.15, 0.2) is 0 Å². The van der Waals surface area contributed by atoms with E-state index in [0.717, 1.165) is 0 Å². The van der Waals surface area contributed by atoms with E-state index in [2.05, 4.69) is 25.6 Å². The van der Waals surface area contributed by atoms with Crippen LogP contribution in [0.25, 0.3) is 0 Å². The largest absolute Gasteiger partial charge is 0.376 e. The average molecular weight is 370 g/mol. The Bertz CT molecular complexity index is 596. The van der Waals surface area contributed by atoms with Crippen molar-refractivity contribution in [2.45, 2.75) is 36.8 Å². The lowest BCUT2D eigenvalue weighted by molar-refractivity contribution is 0.0957. The molecule has 1 fully saturated rings. The van der Waals surface area contributed by atoms with Crippen LogP contribution in [0.15, 0.2) is 21.6 Å². The van der Waals surface area contributed by atoms with E-state index < -0.39 is 15.6 Å². The highest BCUT2D eigenvalue weighted by Gasteiger charge is 2.41. The second-order valence-electron chi connectivity index (χ2n) is 4.73. The monoisotopic (exact) mass is 368 g/mol. The lowest BCUT2D eigenvalue weighted by Gasteiger charge is -2.28. The zero-order valence-corrected chi connectivity index (χ0v) is 13.6. The van der Waals surface area contributed by atoms with Gasteiger partial charge in [-0.2, -0.15) is 0 Å². The molecule has 0 aromatic carbocycles. The third kappa shape index (κ3) is 3.11. The fourth-order valence-corrected chi connectivity index (χ4v) is 4.36. The number of aromatic nitrogens is 1. The number of halogens is 2. The topological polar surface area (TPSA) is 68.3 Å². The lowest BCUT2D eigenvalue weighted by atomic mass is 9.97. The number of ether oxygens (including phenoxy) is 1. The van der Waals surface area contributed by atoms with Crippen LogP contribution >= 0.6 is 27.5 Å². The molecule has 1 aliphatic rings. The van der Waals surface area contributed by atoms with Crippen molar-refractivity contribution in [2.24, 2.45) is 0 Å². The van der Waals surface area contributed by atoms with Gasteiger partial charge in [0.2, 0.25) is 10.0 Å². The van der Waals surface area contributed by atoms with E-state index in [4.69, 9.17) is 16.3 Å². The Labute approximate surface area is 125 Å². The molecule has 1 N–H and O–H groups in total. The van der Waals surface area contributed by atoms with Crippen LogP contribution < -0.4 is 4.72 Å². The Hall–Kier alpha value is -0.210. The van der Waals surface area contributed by atoms with Crippen molar-refractivity contribution < 1.29 is 13.2 Å². The molecule has 0 bridgehead atoms. The number of nitrogens with zero attached hydrogens (tertiary/aromatic N) is 1. The minimum atomic E-state index is -3.74. The van der Waals surface area contributed by atoms with Crippen LogP contribution in [0.2, 0.25) is 5.15 Å². The summed E-state index contributed by atoms with van der Waals surface area (Å²) < 4.78 is 33.4. The zero-order chi connectivity index (χ0) is 14.3. The van der Waals surface area contributed by atoms with E-state index in [-0.39, 0.29) is 16.2 Å². The summed E-state index contributed by atoms with van der Waals surface area (Å²) in [5, 5.41) is -0.0501. The van der Waals surface area contributed by atoms with Crippen LogP contribution in [0.4, 0.5) is 0 Å². The van der Waals surface area contributed by atoms with E-state index in [1.165, 1.54) is 12.3 Å². The SMILES string of the molecule is CC1OCCC1(C)NS(=O)(=O)c1cc(Br)cnc1Cl. The minimum absolute atomic E-state index is 0.0381. The van der Waals surface area contributed by atoms with Crippen molar-refractivity contribution in [2.75, 3.05) is 6.61 Å². The van der Waals surface area contributed by atoms with Crippen LogP contribution in [0.1, 0.15) is 20.3 Å². The van der Waals surface area contributed by atoms with Crippen molar-refractivity contribution in [1.82, 2.24) is 9.71 Å². The molecule has 0 spiro atoms. The quantitative estimate of drug-likeness (QED) is 0.830. The van der Waals surface area contributed by atoms with E-state index in [0.29, 0.717) is 17.5 Å². The van der Waals surface area contributed by atoms with Gasteiger partial charge in [0.1, 0.15) is 10.0 Å². The third-order valence-electron chi connectivity index (χ3n) is 3.32. The van der Waals surface area contributed by atoms with Gasteiger partial charge in [0.25, 0.3) is 0 Å². The van der Waals surface area contributed by atoms with E-state index in [1.807, 2.05) is 13.8 Å². The average Bonchev–Trinajstić information content (AvgIpc) is 2.61. The summed E-state index contributed by atoms with van der Waals surface area (Å²) in [6.45, 7) is 4.20. The first kappa shape index (κ1) is 15.2. The smallest absolute Gasteiger partial charge is 0.244 e. The Kier molecular flexibility index (Phi) is 4.23. The number of rotatable bonds is 3. The van der Waals surface area contributed by atoms with Crippen molar-refractivity contribution in [1.29, 1.82) is 0 Å². The van der Waals surface area contributed by atoms with E-state index >= 15 is 0 Å². The molecule has 19 heavy (non-hydrogen) atoms. The molecule has 1 aliphatic heterocycles. The standard InChI is InChI=1S/C11H14BrClN2O3S/c1-7-11(2,3-4-18-7)15-19(16,17)9-5-8(12)6-14-10(9)13/h5-7,15H,3-4H2,1-2H3. The van der Waals surface area contributed by atoms with Gasteiger partial charge in [-0.25, -0.2) is 18.1 Å². The maximum absolute atomic E-state index is 12.4. The van der Waals surface area contributed by atoms with Gasteiger partial charge in [-0.1, -0.05) is 11.6 Å². The molecule has 2 rings (SSSR count). The predicted octanol–water partition coefficient (Wildman–Crippen LogP) is 2.34. The minimum Gasteiger partial charge on any atom is -0.376 e. The van der Waals surface area contributed by atoms with Crippen LogP contribution in [0.3, 0.4) is 0 Å². The molecule has 1 aromatic heterocycles. The Balaban J connectivity index is 2.35. The molecule has 106 valence electrons. The summed E-state index contributed by atoms with van der Waals surface area (Å²) in [4.78, 5) is 3.79. The van der Waals surface area contributed by atoms with Gasteiger partial charge in [-0.15, -0.1) is 0 Å². The van der Waals surface area contributed by atoms with Crippen LogP contribution in [0.5, 0.6) is 0 Å². The first-order valence-electron chi connectivity index (χ1n) is 5.71. The van der Waals surface area contributed by atoms with Crippen molar-refractivity contribution in [3.63, 3.8) is 0 Å². The fourth-order valence-electron chi connectivity index (χ4n) is 1.92. The summed E-state index contributed by atoms with van der Waals surface area (Å²) in [7, 11) is -3.74. The molecule has 5 nitrogen and oxygen atoms in total. The van der Waals surface area contributed by atoms with Gasteiger partial charge < -0.3 is 4.74 Å². The summed E-state index contributed by atoms with van der Waals surface area (Å²) >= 11 is 9.05. The normalized spacial score (nSPS) is 27.7. The summed E-state index contributed by atoms with van der Waals surface area (Å²) in [6.07, 6.45) is 1.87. The van der Waals surface area contributed by atoms with Crippen molar-refractivity contribution >= 4 is 37.6 Å². The number of pyridine rings is 1. The summed E-state index contributed by atoms with van der Waals surface area (Å²) in [5.41, 5.74) is -0.634. The highest BCUT2D eigenvalue weighted by Crippen LogP contribution is 2.29. The second-order valence-corrected chi connectivity index (χ2v) is 7.65. The Morgan fingerprint density at radius 3 is 2.89 bits per heavy atom. The maximum Gasteiger partial charge on any atom is 0.244 e. The van der Waals surface area contributed by atoms with Gasteiger partial charge in [0.05, 0.1) is 11.6 Å². The van der Waals surface area contributed by atoms with E-state index in [9.17, 15) is 8.42 Å². The summed E-state index contributed by atoms with van der Waals surface area (Å²) in [6, 6.07) is 1.43. The Morgan fingerprint density at radius 2 is 2.32 bits per heavy atom. The first-order chi connectivity index (χ1) is 8.74. The van der Waals surface area contributed by atoms with Crippen molar-refractivity contribution in [3.05, 3.63) is 21.9 Å². The molecule has 2 atom stereocenters. The molecule has 2 unspecified atom stereocenters. The highest BCUT2D eigenvalue weighted by atomic mass is 79.9. The molecular formula is C11H14BrClN2O3S. The first-order valence-corrected chi connectivity index (χ1v) is 8.37. The maximum atomic E-state index is 12.4. The molecular weight excluding hydrogens is 356 g/mol. The number of nitrogens with one attached hydrogen (secondary N) is 1. The van der Waals surface area contributed by atoms with Gasteiger partial charge in [-0.05, 0) is 42.3 Å². The molecule has 0 aliphatic carbocycles. The Morgan fingerprint density at radius 1 is 1.63 bits per heavy atom. The molecule has 0 radical (unpaired) electrons. The summed E-state index contributed by atoms with van der Waals surface area (Å²) in [5.74, 6) is 0. The molecule has 1 saturated heterocycles. The van der Waals surface area contributed by atoms with Gasteiger partial charge in [0, 0.05) is 17.3 Å². The molecule has 0 saturated carbocycles. The number of hydrogen-bond donors (Lipinski definition) is 1. The second kappa shape index (κ2) is 5.29. The molecule has 1 aromatic rings.